The maximum atomic E-state index is 12.6. The fourth-order valence-electron chi connectivity index (χ4n) is 7.26. The first-order chi connectivity index (χ1) is 31.3. The third-order valence-electron chi connectivity index (χ3n) is 11.5. The number of esters is 4. The van der Waals surface area contributed by atoms with E-state index in [2.05, 4.69) is 84.2 Å². The van der Waals surface area contributed by atoms with E-state index >= 15 is 0 Å². The highest BCUT2D eigenvalue weighted by molar-refractivity contribution is 5.71. The van der Waals surface area contributed by atoms with Crippen molar-refractivity contribution < 1.29 is 38.1 Å². The van der Waals surface area contributed by atoms with Crippen molar-refractivity contribution in [3.8, 4) is 0 Å². The molecule has 11 heteroatoms. The lowest BCUT2D eigenvalue weighted by Crippen LogP contribution is -2.47. The maximum absolute atomic E-state index is 12.6. The van der Waals surface area contributed by atoms with Gasteiger partial charge in [-0.2, -0.15) is 0 Å². The zero-order valence-corrected chi connectivity index (χ0v) is 41.1. The predicted octanol–water partition coefficient (Wildman–Crippen LogP) is 11.1. The summed E-state index contributed by atoms with van der Waals surface area (Å²) in [5, 5.41) is 0. The van der Waals surface area contributed by atoms with Gasteiger partial charge in [-0.05, 0) is 84.1 Å². The Balaban J connectivity index is 2.17. The molecule has 64 heavy (non-hydrogen) atoms. The van der Waals surface area contributed by atoms with E-state index in [0.717, 1.165) is 110 Å². The zero-order valence-electron chi connectivity index (χ0n) is 41.1. The van der Waals surface area contributed by atoms with Crippen molar-refractivity contribution in [2.24, 2.45) is 0 Å². The van der Waals surface area contributed by atoms with Gasteiger partial charge < -0.3 is 28.7 Å². The van der Waals surface area contributed by atoms with Crippen molar-refractivity contribution in [3.63, 3.8) is 0 Å². The van der Waals surface area contributed by atoms with Crippen molar-refractivity contribution in [1.82, 2.24) is 14.7 Å². The molecule has 1 saturated heterocycles. The molecule has 0 bridgehead atoms. The summed E-state index contributed by atoms with van der Waals surface area (Å²) in [6.45, 7) is 11.1. The van der Waals surface area contributed by atoms with Gasteiger partial charge in [0, 0.05) is 65.2 Å². The first-order valence-electron chi connectivity index (χ1n) is 25.7. The molecular formula is C53H93N3O8. The van der Waals surface area contributed by atoms with Gasteiger partial charge >= 0.3 is 23.9 Å². The highest BCUT2D eigenvalue weighted by atomic mass is 16.6. The minimum absolute atomic E-state index is 0.0286. The third-order valence-corrected chi connectivity index (χ3v) is 11.5. The number of hydrogen-bond donors (Lipinski definition) is 0. The van der Waals surface area contributed by atoms with Crippen LogP contribution >= 0.6 is 0 Å². The quantitative estimate of drug-likeness (QED) is 0.0252. The van der Waals surface area contributed by atoms with Crippen molar-refractivity contribution in [2.45, 2.75) is 181 Å². The van der Waals surface area contributed by atoms with Crippen molar-refractivity contribution in [1.29, 1.82) is 0 Å². The van der Waals surface area contributed by atoms with Crippen LogP contribution in [0.25, 0.3) is 0 Å². The number of likely N-dealkylation sites (N-methyl/N-ethyl adjacent to an activating group) is 1. The molecule has 0 aromatic carbocycles. The predicted molar refractivity (Wildman–Crippen MR) is 262 cm³/mol. The van der Waals surface area contributed by atoms with Crippen LogP contribution in [0.5, 0.6) is 0 Å². The molecule has 0 saturated carbocycles. The molecule has 0 N–H and O–H groups in total. The Labute approximate surface area is 390 Å². The monoisotopic (exact) mass is 900 g/mol. The van der Waals surface area contributed by atoms with Crippen LogP contribution in [0.2, 0.25) is 0 Å². The molecule has 0 spiro atoms. The second-order valence-electron chi connectivity index (χ2n) is 17.3. The number of piperazine rings is 1. The van der Waals surface area contributed by atoms with Crippen LogP contribution in [0.1, 0.15) is 181 Å². The summed E-state index contributed by atoms with van der Waals surface area (Å²) in [5.41, 5.74) is 0. The first-order valence-corrected chi connectivity index (χ1v) is 25.7. The van der Waals surface area contributed by atoms with E-state index in [1.54, 1.807) is 0 Å². The molecule has 1 fully saturated rings. The van der Waals surface area contributed by atoms with E-state index in [1.165, 1.54) is 64.2 Å². The molecule has 0 radical (unpaired) electrons. The van der Waals surface area contributed by atoms with Crippen LogP contribution in [0, 0.1) is 0 Å². The normalized spacial score (nSPS) is 13.9. The van der Waals surface area contributed by atoms with E-state index in [0.29, 0.717) is 32.5 Å². The van der Waals surface area contributed by atoms with Gasteiger partial charge in [0.15, 0.2) is 0 Å². The van der Waals surface area contributed by atoms with Gasteiger partial charge in [-0.25, -0.2) is 0 Å². The molecule has 1 aliphatic heterocycles. The number of hydrogen-bond acceptors (Lipinski definition) is 11. The number of ether oxygens (including phenoxy) is 4. The summed E-state index contributed by atoms with van der Waals surface area (Å²) in [7, 11) is 2.12. The van der Waals surface area contributed by atoms with E-state index in [-0.39, 0.29) is 63.1 Å². The van der Waals surface area contributed by atoms with Gasteiger partial charge in [-0.1, -0.05) is 127 Å². The molecule has 368 valence electrons. The molecule has 1 heterocycles. The van der Waals surface area contributed by atoms with Gasteiger partial charge in [0.05, 0.1) is 12.8 Å². The van der Waals surface area contributed by atoms with Gasteiger partial charge in [0.2, 0.25) is 0 Å². The minimum atomic E-state index is -0.362. The van der Waals surface area contributed by atoms with Gasteiger partial charge in [0.25, 0.3) is 0 Å². The molecular weight excluding hydrogens is 807 g/mol. The lowest BCUT2D eigenvalue weighted by Gasteiger charge is -2.34. The fraction of sp³-hybridized carbons (Fsp3) is 0.774. The van der Waals surface area contributed by atoms with Crippen LogP contribution in [-0.2, 0) is 38.1 Å². The topological polar surface area (TPSA) is 115 Å². The lowest BCUT2D eigenvalue weighted by molar-refractivity contribution is -0.153. The number of allylic oxidation sites excluding steroid dienone is 8. The van der Waals surface area contributed by atoms with Crippen molar-refractivity contribution in [2.75, 3.05) is 85.8 Å². The lowest BCUT2D eigenvalue weighted by atomic mass is 10.1. The van der Waals surface area contributed by atoms with E-state index in [1.807, 2.05) is 0 Å². The number of carbonyl (C=O) groups excluding carboxylic acids is 4. The number of carbonyl (C=O) groups is 4. The molecule has 0 atom stereocenters. The van der Waals surface area contributed by atoms with E-state index in [9.17, 15) is 19.2 Å². The molecule has 0 aliphatic carbocycles. The number of rotatable bonds is 43. The first kappa shape index (κ1) is 58.7. The maximum Gasteiger partial charge on any atom is 0.307 e. The number of unbranched alkanes of at least 4 members (excludes halogenated alkanes) is 16. The average Bonchev–Trinajstić information content (AvgIpc) is 3.29. The molecule has 0 amide bonds. The summed E-state index contributed by atoms with van der Waals surface area (Å²) in [5.74, 6) is -1.24. The smallest absolute Gasteiger partial charge is 0.307 e. The Kier molecular flexibility index (Phi) is 41.2. The third kappa shape index (κ3) is 40.2. The van der Waals surface area contributed by atoms with Gasteiger partial charge in [-0.3, -0.25) is 24.1 Å². The van der Waals surface area contributed by atoms with Crippen molar-refractivity contribution >= 4 is 23.9 Å². The summed E-state index contributed by atoms with van der Waals surface area (Å²) in [6, 6.07) is 0. The van der Waals surface area contributed by atoms with E-state index < -0.39 is 0 Å². The summed E-state index contributed by atoms with van der Waals surface area (Å²) >= 11 is 0. The summed E-state index contributed by atoms with van der Waals surface area (Å²) in [6.07, 6.45) is 44.1. The fourth-order valence-corrected chi connectivity index (χ4v) is 7.26. The average molecular weight is 900 g/mol. The van der Waals surface area contributed by atoms with Crippen LogP contribution in [0.4, 0.5) is 0 Å². The second kappa shape index (κ2) is 44.9. The molecule has 0 aromatic heterocycles. The summed E-state index contributed by atoms with van der Waals surface area (Å²) < 4.78 is 21.3. The Morgan fingerprint density at radius 2 is 0.766 bits per heavy atom. The Bertz CT molecular complexity index is 1180. The number of nitrogens with zero attached hydrogens (tertiary/aromatic N) is 3. The Hall–Kier alpha value is -3.28. The van der Waals surface area contributed by atoms with Gasteiger partial charge in [0.1, 0.15) is 26.4 Å². The largest absolute Gasteiger partial charge is 0.462 e. The Morgan fingerprint density at radius 1 is 0.422 bits per heavy atom. The van der Waals surface area contributed by atoms with Crippen LogP contribution in [0.15, 0.2) is 48.6 Å². The highest BCUT2D eigenvalue weighted by Crippen LogP contribution is 2.11. The summed E-state index contributed by atoms with van der Waals surface area (Å²) in [4.78, 5) is 56.3. The van der Waals surface area contributed by atoms with Crippen LogP contribution < -0.4 is 0 Å². The molecule has 0 aromatic rings. The molecule has 1 aliphatic rings. The van der Waals surface area contributed by atoms with Crippen LogP contribution in [0.3, 0.4) is 0 Å². The highest BCUT2D eigenvalue weighted by Gasteiger charge is 2.17. The molecule has 11 nitrogen and oxygen atoms in total. The van der Waals surface area contributed by atoms with E-state index in [4.69, 9.17) is 18.9 Å². The Morgan fingerprint density at radius 3 is 1.16 bits per heavy atom. The minimum Gasteiger partial charge on any atom is -0.462 e. The van der Waals surface area contributed by atoms with Gasteiger partial charge in [-0.15, -0.1) is 0 Å². The van der Waals surface area contributed by atoms with Crippen molar-refractivity contribution in [3.05, 3.63) is 48.6 Å². The molecule has 0 unspecified atom stereocenters. The standard InChI is InChI=1S/C53H93N3O8/c1-4-6-8-10-12-14-16-18-20-22-24-26-28-30-32-34-50(57)61-46-48-63-52(59)36-38-55(44-45-56-42-40-54(3)41-43-56)39-37-53(60)64-49-47-62-51(58)35-33-31-29-27-25-23-21-19-17-15-13-11-9-7-5-2/h12-15,18-21H,4-11,16-17,22-49H2,1-3H3/b14-12-,15-13-,20-18-,21-19-. The zero-order chi connectivity index (χ0) is 46.4. The van der Waals surface area contributed by atoms with Crippen LogP contribution in [-0.4, -0.2) is 124 Å². The second-order valence-corrected chi connectivity index (χ2v) is 17.3. The molecule has 1 rings (SSSR count). The SMILES string of the molecule is CCCCC/C=C\C/C=C\CCCCCCCC(=O)OCCOC(=O)CCN(CCC(=O)OCCOC(=O)CCCCCCC/C=C\C/C=C\CCCCC)CCN1CCN(C)CC1.